The predicted molar refractivity (Wildman–Crippen MR) is 71.8 cm³/mol. The van der Waals surface area contributed by atoms with Crippen LogP contribution in [0.4, 0.5) is 10.1 Å². The second kappa shape index (κ2) is 6.89. The van der Waals surface area contributed by atoms with Crippen LogP contribution in [0.2, 0.25) is 0 Å². The van der Waals surface area contributed by atoms with E-state index in [0.717, 1.165) is 37.2 Å². The van der Waals surface area contributed by atoms with Crippen LogP contribution in [0.1, 0.15) is 32.3 Å². The lowest BCUT2D eigenvalue weighted by Gasteiger charge is -2.25. The minimum absolute atomic E-state index is 0.116. The van der Waals surface area contributed by atoms with E-state index in [0.29, 0.717) is 5.33 Å². The summed E-state index contributed by atoms with van der Waals surface area (Å²) in [4.78, 5) is 2.12. The fourth-order valence-electron chi connectivity index (χ4n) is 1.80. The summed E-state index contributed by atoms with van der Waals surface area (Å²) in [5.41, 5.74) is 1.79. The fourth-order valence-corrected chi connectivity index (χ4v) is 2.25. The zero-order chi connectivity index (χ0) is 12.0. The number of alkyl halides is 1. The Bertz CT molecular complexity index is 328. The van der Waals surface area contributed by atoms with Gasteiger partial charge in [-0.3, -0.25) is 0 Å². The molecule has 0 aliphatic rings. The summed E-state index contributed by atoms with van der Waals surface area (Å²) in [5.74, 6) is -0.116. The molecular weight excluding hydrogens is 269 g/mol. The average Bonchev–Trinajstić information content (AvgIpc) is 2.31. The molecular formula is C13H19BrFN. The van der Waals surface area contributed by atoms with E-state index in [2.05, 4.69) is 34.7 Å². The first-order valence-corrected chi connectivity index (χ1v) is 6.95. The summed E-state index contributed by atoms with van der Waals surface area (Å²) in [5, 5.41) is 0.697. The van der Waals surface area contributed by atoms with Gasteiger partial charge in [0, 0.05) is 18.4 Å². The lowest BCUT2D eigenvalue weighted by molar-refractivity contribution is 0.612. The molecule has 0 amide bonds. The van der Waals surface area contributed by atoms with Gasteiger partial charge < -0.3 is 4.90 Å². The maximum absolute atomic E-state index is 13.8. The number of rotatable bonds is 6. The molecule has 0 saturated carbocycles. The summed E-state index contributed by atoms with van der Waals surface area (Å²) in [6.07, 6.45) is 2.23. The van der Waals surface area contributed by atoms with Crippen molar-refractivity contribution in [3.63, 3.8) is 0 Å². The highest BCUT2D eigenvalue weighted by molar-refractivity contribution is 9.08. The molecule has 1 nitrogen and oxygen atoms in total. The molecule has 0 heterocycles. The normalized spacial score (nSPS) is 10.5. The molecule has 0 unspecified atom stereocenters. The molecule has 0 aliphatic carbocycles. The van der Waals surface area contributed by atoms with Gasteiger partial charge in [-0.1, -0.05) is 41.4 Å². The lowest BCUT2D eigenvalue weighted by Crippen LogP contribution is -2.26. The number of anilines is 1. The van der Waals surface area contributed by atoms with E-state index in [1.807, 2.05) is 6.07 Å². The van der Waals surface area contributed by atoms with Crippen molar-refractivity contribution in [3.05, 3.63) is 29.6 Å². The number of unbranched alkanes of at least 4 members (excludes halogenated alkanes) is 1. The summed E-state index contributed by atoms with van der Waals surface area (Å²) < 4.78 is 13.8. The van der Waals surface area contributed by atoms with E-state index >= 15 is 0 Å². The van der Waals surface area contributed by atoms with Crippen LogP contribution in [-0.2, 0) is 5.33 Å². The molecule has 0 fully saturated rings. The molecule has 90 valence electrons. The molecule has 1 rings (SSSR count). The molecule has 0 aromatic heterocycles. The van der Waals surface area contributed by atoms with E-state index in [-0.39, 0.29) is 5.82 Å². The number of hydrogen-bond donors (Lipinski definition) is 0. The fraction of sp³-hybridized carbons (Fsp3) is 0.538. The van der Waals surface area contributed by atoms with Crippen LogP contribution < -0.4 is 4.90 Å². The quantitative estimate of drug-likeness (QED) is 0.703. The Labute approximate surface area is 106 Å². The van der Waals surface area contributed by atoms with Gasteiger partial charge in [-0.2, -0.15) is 0 Å². The van der Waals surface area contributed by atoms with E-state index < -0.39 is 0 Å². The van der Waals surface area contributed by atoms with Crippen molar-refractivity contribution in [1.29, 1.82) is 0 Å². The average molecular weight is 288 g/mol. The number of hydrogen-bond acceptors (Lipinski definition) is 1. The van der Waals surface area contributed by atoms with Crippen LogP contribution in [-0.4, -0.2) is 13.1 Å². The third-order valence-electron chi connectivity index (χ3n) is 2.69. The Morgan fingerprint density at radius 3 is 2.62 bits per heavy atom. The summed E-state index contributed by atoms with van der Waals surface area (Å²) in [6.45, 7) is 6.00. The van der Waals surface area contributed by atoms with Gasteiger partial charge in [0.25, 0.3) is 0 Å². The Morgan fingerprint density at radius 1 is 1.31 bits per heavy atom. The zero-order valence-corrected chi connectivity index (χ0v) is 11.6. The summed E-state index contributed by atoms with van der Waals surface area (Å²) in [6, 6.07) is 5.28. The summed E-state index contributed by atoms with van der Waals surface area (Å²) in [7, 11) is 0. The van der Waals surface area contributed by atoms with Crippen LogP contribution in [0.5, 0.6) is 0 Å². The highest BCUT2D eigenvalue weighted by atomic mass is 79.9. The summed E-state index contributed by atoms with van der Waals surface area (Å²) >= 11 is 3.41. The topological polar surface area (TPSA) is 3.24 Å². The predicted octanol–water partition coefficient (Wildman–Crippen LogP) is 4.35. The molecule has 0 atom stereocenters. The van der Waals surface area contributed by atoms with Gasteiger partial charge >= 0.3 is 0 Å². The molecule has 0 radical (unpaired) electrons. The van der Waals surface area contributed by atoms with Crippen molar-refractivity contribution in [2.75, 3.05) is 18.0 Å². The van der Waals surface area contributed by atoms with Crippen molar-refractivity contribution in [3.8, 4) is 0 Å². The SMILES string of the molecule is CCCCN(CC)c1c(F)cccc1CBr. The first-order chi connectivity index (χ1) is 7.74. The van der Waals surface area contributed by atoms with Gasteiger partial charge in [0.2, 0.25) is 0 Å². The Hall–Kier alpha value is -0.570. The maximum atomic E-state index is 13.8. The largest absolute Gasteiger partial charge is 0.369 e. The number of nitrogens with zero attached hydrogens (tertiary/aromatic N) is 1. The van der Waals surface area contributed by atoms with E-state index in [4.69, 9.17) is 0 Å². The van der Waals surface area contributed by atoms with Gasteiger partial charge in [0.15, 0.2) is 0 Å². The van der Waals surface area contributed by atoms with Crippen molar-refractivity contribution in [2.24, 2.45) is 0 Å². The number of para-hydroxylation sites is 1. The highest BCUT2D eigenvalue weighted by Crippen LogP contribution is 2.26. The van der Waals surface area contributed by atoms with Gasteiger partial charge in [-0.25, -0.2) is 4.39 Å². The standard InChI is InChI=1S/C13H19BrFN/c1-3-5-9-16(4-2)13-11(10-14)7-6-8-12(13)15/h6-8H,3-5,9-10H2,1-2H3. The van der Waals surface area contributed by atoms with E-state index in [9.17, 15) is 4.39 Å². The first-order valence-electron chi connectivity index (χ1n) is 5.82. The maximum Gasteiger partial charge on any atom is 0.146 e. The molecule has 0 bridgehead atoms. The smallest absolute Gasteiger partial charge is 0.146 e. The van der Waals surface area contributed by atoms with Crippen LogP contribution >= 0.6 is 15.9 Å². The van der Waals surface area contributed by atoms with Gasteiger partial charge in [0.1, 0.15) is 5.82 Å². The lowest BCUT2D eigenvalue weighted by atomic mass is 10.1. The second-order valence-electron chi connectivity index (χ2n) is 3.81. The minimum Gasteiger partial charge on any atom is -0.369 e. The van der Waals surface area contributed by atoms with Crippen molar-refractivity contribution >= 4 is 21.6 Å². The zero-order valence-electron chi connectivity index (χ0n) is 9.97. The van der Waals surface area contributed by atoms with Crippen molar-refractivity contribution < 1.29 is 4.39 Å². The first kappa shape index (κ1) is 13.5. The van der Waals surface area contributed by atoms with Gasteiger partial charge in [-0.15, -0.1) is 0 Å². The third-order valence-corrected chi connectivity index (χ3v) is 3.30. The molecule has 16 heavy (non-hydrogen) atoms. The molecule has 1 aromatic rings. The monoisotopic (exact) mass is 287 g/mol. The molecule has 0 N–H and O–H groups in total. The van der Waals surface area contributed by atoms with Crippen LogP contribution in [0.15, 0.2) is 18.2 Å². The minimum atomic E-state index is -0.116. The Balaban J connectivity index is 2.97. The Morgan fingerprint density at radius 2 is 2.06 bits per heavy atom. The second-order valence-corrected chi connectivity index (χ2v) is 4.38. The molecule has 3 heteroatoms. The molecule has 1 aromatic carbocycles. The third kappa shape index (κ3) is 3.21. The van der Waals surface area contributed by atoms with Crippen LogP contribution in [0.25, 0.3) is 0 Å². The molecule has 0 aliphatic heterocycles. The molecule has 0 saturated heterocycles. The highest BCUT2D eigenvalue weighted by Gasteiger charge is 2.13. The number of benzene rings is 1. The van der Waals surface area contributed by atoms with Crippen molar-refractivity contribution in [1.82, 2.24) is 0 Å². The van der Waals surface area contributed by atoms with Crippen LogP contribution in [0, 0.1) is 5.82 Å². The Kier molecular flexibility index (Phi) is 5.81. The molecule has 0 spiro atoms. The van der Waals surface area contributed by atoms with E-state index in [1.165, 1.54) is 6.07 Å². The van der Waals surface area contributed by atoms with Gasteiger partial charge in [-0.05, 0) is 25.0 Å². The van der Waals surface area contributed by atoms with E-state index in [1.54, 1.807) is 6.07 Å². The van der Waals surface area contributed by atoms with Crippen molar-refractivity contribution in [2.45, 2.75) is 32.0 Å². The van der Waals surface area contributed by atoms with Crippen LogP contribution in [0.3, 0.4) is 0 Å². The van der Waals surface area contributed by atoms with Gasteiger partial charge in [0.05, 0.1) is 5.69 Å². The number of halogens is 2.